The number of nitrogens with zero attached hydrogens (tertiary/aromatic N) is 1. The van der Waals surface area contributed by atoms with Crippen molar-refractivity contribution in [2.24, 2.45) is 5.92 Å². The molecular formula is C16H26N2. The molecule has 2 atom stereocenters. The summed E-state index contributed by atoms with van der Waals surface area (Å²) in [6, 6.07) is 9.76. The molecule has 18 heavy (non-hydrogen) atoms. The minimum absolute atomic E-state index is 0.728. The van der Waals surface area contributed by atoms with Crippen molar-refractivity contribution < 1.29 is 0 Å². The van der Waals surface area contributed by atoms with E-state index in [1.54, 1.807) is 0 Å². The highest BCUT2D eigenvalue weighted by molar-refractivity contribution is 5.22. The van der Waals surface area contributed by atoms with E-state index >= 15 is 0 Å². The zero-order chi connectivity index (χ0) is 13.0. The summed E-state index contributed by atoms with van der Waals surface area (Å²) in [4.78, 5) is 2.62. The maximum Gasteiger partial charge on any atom is 0.0236 e. The standard InChI is InChI=1S/C16H26N2/c1-13-8-9-18(14(2)10-13)12-16-6-4-15(5-7-16)11-17-3/h4-7,13-14,17H,8-12H2,1-3H3. The molecule has 1 saturated heterocycles. The molecule has 2 heteroatoms. The molecule has 100 valence electrons. The number of hydrogen-bond acceptors (Lipinski definition) is 2. The molecule has 1 aliphatic rings. The van der Waals surface area contributed by atoms with Crippen molar-refractivity contribution in [3.05, 3.63) is 35.4 Å². The molecule has 1 fully saturated rings. The van der Waals surface area contributed by atoms with Gasteiger partial charge in [0.05, 0.1) is 0 Å². The molecule has 0 amide bonds. The summed E-state index contributed by atoms with van der Waals surface area (Å²) < 4.78 is 0. The second-order valence-electron chi connectivity index (χ2n) is 5.80. The van der Waals surface area contributed by atoms with Gasteiger partial charge in [0.2, 0.25) is 0 Å². The summed E-state index contributed by atoms with van der Waals surface area (Å²) in [5.41, 5.74) is 2.80. The van der Waals surface area contributed by atoms with Crippen molar-refractivity contribution in [3.63, 3.8) is 0 Å². The van der Waals surface area contributed by atoms with E-state index in [4.69, 9.17) is 0 Å². The monoisotopic (exact) mass is 246 g/mol. The number of hydrogen-bond donors (Lipinski definition) is 1. The van der Waals surface area contributed by atoms with Gasteiger partial charge in [-0.1, -0.05) is 31.2 Å². The van der Waals surface area contributed by atoms with Crippen LogP contribution in [-0.4, -0.2) is 24.5 Å². The average molecular weight is 246 g/mol. The molecule has 0 spiro atoms. The van der Waals surface area contributed by atoms with Crippen LogP contribution in [0.25, 0.3) is 0 Å². The molecular weight excluding hydrogens is 220 g/mol. The Morgan fingerprint density at radius 3 is 2.44 bits per heavy atom. The van der Waals surface area contributed by atoms with Crippen LogP contribution in [0.3, 0.4) is 0 Å². The first-order valence-electron chi connectivity index (χ1n) is 7.15. The third kappa shape index (κ3) is 3.56. The zero-order valence-corrected chi connectivity index (χ0v) is 11.9. The molecule has 1 aromatic rings. The van der Waals surface area contributed by atoms with Crippen LogP contribution in [0.5, 0.6) is 0 Å². The van der Waals surface area contributed by atoms with Crippen LogP contribution in [0.4, 0.5) is 0 Å². The number of likely N-dealkylation sites (tertiary alicyclic amines) is 1. The van der Waals surface area contributed by atoms with E-state index in [9.17, 15) is 0 Å². The van der Waals surface area contributed by atoms with E-state index < -0.39 is 0 Å². The topological polar surface area (TPSA) is 15.3 Å². The fraction of sp³-hybridized carbons (Fsp3) is 0.625. The summed E-state index contributed by atoms with van der Waals surface area (Å²) in [6.45, 7) is 8.05. The number of piperidine rings is 1. The van der Waals surface area contributed by atoms with Gasteiger partial charge in [-0.05, 0) is 50.4 Å². The smallest absolute Gasteiger partial charge is 0.0236 e. The molecule has 0 saturated carbocycles. The minimum atomic E-state index is 0.728. The molecule has 1 aromatic carbocycles. The summed E-state index contributed by atoms with van der Waals surface area (Å²) in [5.74, 6) is 0.897. The first kappa shape index (κ1) is 13.6. The van der Waals surface area contributed by atoms with Gasteiger partial charge in [-0.25, -0.2) is 0 Å². The Labute approximate surface area is 111 Å². The van der Waals surface area contributed by atoms with Crippen molar-refractivity contribution in [1.29, 1.82) is 0 Å². The predicted molar refractivity (Wildman–Crippen MR) is 77.5 cm³/mol. The number of nitrogens with one attached hydrogen (secondary N) is 1. The van der Waals surface area contributed by atoms with Crippen LogP contribution >= 0.6 is 0 Å². The molecule has 0 radical (unpaired) electrons. The highest BCUT2D eigenvalue weighted by Gasteiger charge is 2.22. The zero-order valence-electron chi connectivity index (χ0n) is 11.9. The normalized spacial score (nSPS) is 25.3. The Kier molecular flexibility index (Phi) is 4.79. The van der Waals surface area contributed by atoms with Gasteiger partial charge in [0, 0.05) is 19.1 Å². The summed E-state index contributed by atoms with van der Waals surface area (Å²) >= 11 is 0. The van der Waals surface area contributed by atoms with Gasteiger partial charge in [-0.15, -0.1) is 0 Å². The van der Waals surface area contributed by atoms with E-state index in [2.05, 4.69) is 48.3 Å². The quantitative estimate of drug-likeness (QED) is 0.878. The SMILES string of the molecule is CNCc1ccc(CN2CCC(C)CC2C)cc1. The molecule has 0 aromatic heterocycles. The fourth-order valence-electron chi connectivity index (χ4n) is 2.89. The van der Waals surface area contributed by atoms with Gasteiger partial charge in [0.15, 0.2) is 0 Å². The first-order valence-corrected chi connectivity index (χ1v) is 7.15. The van der Waals surface area contributed by atoms with Gasteiger partial charge in [0.1, 0.15) is 0 Å². The molecule has 0 bridgehead atoms. The van der Waals surface area contributed by atoms with E-state index in [0.29, 0.717) is 0 Å². The molecule has 0 aliphatic carbocycles. The molecule has 2 unspecified atom stereocenters. The van der Waals surface area contributed by atoms with Crippen molar-refractivity contribution in [3.8, 4) is 0 Å². The summed E-state index contributed by atoms with van der Waals surface area (Å²) in [5, 5.41) is 3.19. The lowest BCUT2D eigenvalue weighted by atomic mass is 9.93. The Hall–Kier alpha value is -0.860. The Morgan fingerprint density at radius 1 is 1.17 bits per heavy atom. The fourth-order valence-corrected chi connectivity index (χ4v) is 2.89. The maximum atomic E-state index is 3.19. The van der Waals surface area contributed by atoms with E-state index in [0.717, 1.165) is 25.0 Å². The second-order valence-corrected chi connectivity index (χ2v) is 5.80. The summed E-state index contributed by atoms with van der Waals surface area (Å²) in [7, 11) is 1.99. The lowest BCUT2D eigenvalue weighted by Gasteiger charge is -2.36. The predicted octanol–water partition coefficient (Wildman–Crippen LogP) is 3.03. The van der Waals surface area contributed by atoms with Gasteiger partial charge >= 0.3 is 0 Å². The number of benzene rings is 1. The van der Waals surface area contributed by atoms with E-state index in [1.807, 2.05) is 7.05 Å². The molecule has 1 N–H and O–H groups in total. The third-order valence-electron chi connectivity index (χ3n) is 4.07. The van der Waals surface area contributed by atoms with Crippen LogP contribution in [-0.2, 0) is 13.1 Å². The maximum absolute atomic E-state index is 3.19. The Bertz CT molecular complexity index is 358. The third-order valence-corrected chi connectivity index (χ3v) is 4.07. The van der Waals surface area contributed by atoms with Gasteiger partial charge in [-0.2, -0.15) is 0 Å². The van der Waals surface area contributed by atoms with Crippen LogP contribution in [0.15, 0.2) is 24.3 Å². The van der Waals surface area contributed by atoms with Crippen molar-refractivity contribution in [2.75, 3.05) is 13.6 Å². The van der Waals surface area contributed by atoms with E-state index in [1.165, 1.54) is 30.5 Å². The highest BCUT2D eigenvalue weighted by Crippen LogP contribution is 2.23. The molecule has 2 rings (SSSR count). The van der Waals surface area contributed by atoms with Gasteiger partial charge in [0.25, 0.3) is 0 Å². The van der Waals surface area contributed by atoms with Crippen LogP contribution < -0.4 is 5.32 Å². The second kappa shape index (κ2) is 6.35. The van der Waals surface area contributed by atoms with Crippen LogP contribution in [0, 0.1) is 5.92 Å². The van der Waals surface area contributed by atoms with Gasteiger partial charge < -0.3 is 5.32 Å². The highest BCUT2D eigenvalue weighted by atomic mass is 15.2. The lowest BCUT2D eigenvalue weighted by Crippen LogP contribution is -2.39. The lowest BCUT2D eigenvalue weighted by molar-refractivity contribution is 0.122. The largest absolute Gasteiger partial charge is 0.316 e. The Balaban J connectivity index is 1.92. The molecule has 1 heterocycles. The van der Waals surface area contributed by atoms with Crippen LogP contribution in [0.2, 0.25) is 0 Å². The van der Waals surface area contributed by atoms with Crippen molar-refractivity contribution in [1.82, 2.24) is 10.2 Å². The first-order chi connectivity index (χ1) is 8.69. The average Bonchev–Trinajstić information content (AvgIpc) is 2.35. The molecule has 1 aliphatic heterocycles. The van der Waals surface area contributed by atoms with Crippen molar-refractivity contribution >= 4 is 0 Å². The molecule has 2 nitrogen and oxygen atoms in total. The van der Waals surface area contributed by atoms with Crippen molar-refractivity contribution in [2.45, 2.75) is 45.8 Å². The van der Waals surface area contributed by atoms with E-state index in [-0.39, 0.29) is 0 Å². The minimum Gasteiger partial charge on any atom is -0.316 e. The van der Waals surface area contributed by atoms with Gasteiger partial charge in [-0.3, -0.25) is 4.90 Å². The summed E-state index contributed by atoms with van der Waals surface area (Å²) in [6.07, 6.45) is 2.69. The number of rotatable bonds is 4. The van der Waals surface area contributed by atoms with Crippen LogP contribution in [0.1, 0.15) is 37.8 Å². The Morgan fingerprint density at radius 2 is 1.83 bits per heavy atom.